The van der Waals surface area contributed by atoms with Gasteiger partial charge in [0.25, 0.3) is 10.0 Å². The van der Waals surface area contributed by atoms with E-state index in [2.05, 4.69) is 26.1 Å². The van der Waals surface area contributed by atoms with E-state index in [1.807, 2.05) is 18.2 Å². The quantitative estimate of drug-likeness (QED) is 0.252. The third kappa shape index (κ3) is 5.67. The van der Waals surface area contributed by atoms with E-state index in [-0.39, 0.29) is 28.2 Å². The van der Waals surface area contributed by atoms with Crippen molar-refractivity contribution < 1.29 is 22.3 Å². The van der Waals surface area contributed by atoms with Crippen molar-refractivity contribution in [2.24, 2.45) is 0 Å². The van der Waals surface area contributed by atoms with Gasteiger partial charge in [-0.25, -0.2) is 27.8 Å². The molecule has 0 saturated carbocycles. The number of pyridine rings is 1. The molecule has 0 amide bonds. The fourth-order valence-electron chi connectivity index (χ4n) is 5.46. The molecule has 1 saturated heterocycles. The van der Waals surface area contributed by atoms with Crippen LogP contribution in [0, 0.1) is 5.82 Å². The number of rotatable bonds is 9. The zero-order valence-corrected chi connectivity index (χ0v) is 25.0. The molecule has 4 heterocycles. The van der Waals surface area contributed by atoms with Gasteiger partial charge in [-0.2, -0.15) is 0 Å². The number of halogens is 1. The third-order valence-electron chi connectivity index (χ3n) is 7.79. The van der Waals surface area contributed by atoms with E-state index in [9.17, 15) is 8.42 Å². The summed E-state index contributed by atoms with van der Waals surface area (Å²) in [5, 5.41) is 3.66. The van der Waals surface area contributed by atoms with Gasteiger partial charge in [0.1, 0.15) is 33.6 Å². The number of allylic oxidation sites excluding steroid dienone is 1. The number of benzene rings is 1. The Bertz CT molecular complexity index is 1800. The maximum atomic E-state index is 15.4. The Balaban J connectivity index is 1.34. The number of methoxy groups -OCH3 is 1. The van der Waals surface area contributed by atoms with Crippen molar-refractivity contribution in [3.63, 3.8) is 0 Å². The van der Waals surface area contributed by atoms with Crippen LogP contribution in [0.3, 0.4) is 0 Å². The molecule has 1 aromatic carbocycles. The molecule has 1 aliphatic carbocycles. The van der Waals surface area contributed by atoms with E-state index < -0.39 is 15.8 Å². The van der Waals surface area contributed by atoms with Gasteiger partial charge < -0.3 is 20.5 Å². The van der Waals surface area contributed by atoms with Crippen LogP contribution in [0.2, 0.25) is 0 Å². The number of sulfonamides is 1. The average molecular weight is 608 g/mol. The molecule has 0 spiro atoms. The Labute approximate surface area is 249 Å². The van der Waals surface area contributed by atoms with Crippen molar-refractivity contribution in [2.45, 2.75) is 56.0 Å². The van der Waals surface area contributed by atoms with Crippen molar-refractivity contribution in [1.82, 2.24) is 24.7 Å². The average Bonchev–Trinajstić information content (AvgIpc) is 3.39. The summed E-state index contributed by atoms with van der Waals surface area (Å²) in [6, 6.07) is 7.82. The zero-order valence-electron chi connectivity index (χ0n) is 24.2. The first-order valence-corrected chi connectivity index (χ1v) is 15.7. The monoisotopic (exact) mass is 607 g/mol. The SMILES string of the molecule is COc1ccc(S(=O)(=O)Nc2ccc(-c3nc(C(C)C)n4c(C5=CC[C@H](NC6COC6)CC5)cnc(N)c34)cc2F)cn1. The van der Waals surface area contributed by atoms with Gasteiger partial charge in [-0.1, -0.05) is 26.0 Å². The first-order chi connectivity index (χ1) is 20.6. The van der Waals surface area contributed by atoms with Crippen molar-refractivity contribution in [3.8, 4) is 17.1 Å². The van der Waals surface area contributed by atoms with E-state index in [4.69, 9.17) is 20.2 Å². The highest BCUT2D eigenvalue weighted by molar-refractivity contribution is 7.92. The molecule has 4 N–H and O–H groups in total. The van der Waals surface area contributed by atoms with Crippen LogP contribution in [0.15, 0.2) is 53.7 Å². The van der Waals surface area contributed by atoms with Gasteiger partial charge in [0.05, 0.1) is 50.1 Å². The molecular weight excluding hydrogens is 573 g/mol. The number of nitrogens with zero attached hydrogens (tertiary/aromatic N) is 4. The minimum Gasteiger partial charge on any atom is -0.481 e. The molecule has 13 heteroatoms. The first-order valence-electron chi connectivity index (χ1n) is 14.2. The minimum atomic E-state index is -4.09. The van der Waals surface area contributed by atoms with Gasteiger partial charge in [-0.05, 0) is 43.0 Å². The summed E-state index contributed by atoms with van der Waals surface area (Å²) in [7, 11) is -2.66. The smallest absolute Gasteiger partial charge is 0.263 e. The summed E-state index contributed by atoms with van der Waals surface area (Å²) in [4.78, 5) is 13.2. The topological polar surface area (TPSA) is 146 Å². The van der Waals surface area contributed by atoms with Crippen LogP contribution in [-0.4, -0.2) is 60.2 Å². The predicted molar refractivity (Wildman–Crippen MR) is 162 cm³/mol. The Kier molecular flexibility index (Phi) is 7.79. The summed E-state index contributed by atoms with van der Waals surface area (Å²) in [5.41, 5.74) is 9.81. The number of hydrogen-bond acceptors (Lipinski definition) is 9. The van der Waals surface area contributed by atoms with Crippen LogP contribution in [0.4, 0.5) is 15.9 Å². The lowest BCUT2D eigenvalue weighted by atomic mass is 9.92. The van der Waals surface area contributed by atoms with Crippen LogP contribution in [0.1, 0.15) is 50.5 Å². The van der Waals surface area contributed by atoms with E-state index >= 15 is 4.39 Å². The Morgan fingerprint density at radius 1 is 1.14 bits per heavy atom. The molecule has 43 heavy (non-hydrogen) atoms. The summed E-state index contributed by atoms with van der Waals surface area (Å²) >= 11 is 0. The molecular formula is C30H34FN7O4S. The van der Waals surface area contributed by atoms with E-state index in [0.29, 0.717) is 28.9 Å². The van der Waals surface area contributed by atoms with Crippen molar-refractivity contribution in [3.05, 3.63) is 66.1 Å². The standard InChI is InChI=1S/C30H34FN7O4S/c1-17(2)30-36-27(19-6-10-24(23(31)12-19)37-43(39,40)22-9-11-26(41-3)33-13-22)28-29(32)34-14-25(38(28)30)18-4-7-20(8-5-18)35-21-15-42-16-21/h4,6,9-14,17,20-21,35,37H,5,7-8,15-16H2,1-3H3,(H2,32,34)/t20-/m0/s1. The number of imidazole rings is 1. The lowest BCUT2D eigenvalue weighted by molar-refractivity contribution is -0.0103. The van der Waals surface area contributed by atoms with Gasteiger partial charge in [-0.15, -0.1) is 0 Å². The number of nitrogen functional groups attached to an aromatic ring is 1. The summed E-state index contributed by atoms with van der Waals surface area (Å²) in [5.74, 6) is 0.589. The Morgan fingerprint density at radius 3 is 2.56 bits per heavy atom. The Morgan fingerprint density at radius 2 is 1.95 bits per heavy atom. The summed E-state index contributed by atoms with van der Waals surface area (Å²) in [6.07, 6.45) is 7.92. The van der Waals surface area contributed by atoms with Crippen LogP contribution in [-0.2, 0) is 14.8 Å². The second-order valence-electron chi connectivity index (χ2n) is 11.1. The van der Waals surface area contributed by atoms with Crippen LogP contribution >= 0.6 is 0 Å². The molecule has 2 aliphatic rings. The Hall–Kier alpha value is -4.07. The summed E-state index contributed by atoms with van der Waals surface area (Å²) < 4.78 is 55.8. The molecule has 11 nitrogen and oxygen atoms in total. The van der Waals surface area contributed by atoms with Gasteiger partial charge in [-0.3, -0.25) is 9.12 Å². The normalized spacial score (nSPS) is 17.6. The number of hydrogen-bond donors (Lipinski definition) is 3. The van der Waals surface area contributed by atoms with Crippen LogP contribution in [0.5, 0.6) is 5.88 Å². The molecule has 1 fully saturated rings. The predicted octanol–water partition coefficient (Wildman–Crippen LogP) is 4.37. The third-order valence-corrected chi connectivity index (χ3v) is 9.14. The van der Waals surface area contributed by atoms with E-state index in [0.717, 1.165) is 55.8 Å². The van der Waals surface area contributed by atoms with E-state index in [1.165, 1.54) is 31.4 Å². The molecule has 0 radical (unpaired) electrons. The second kappa shape index (κ2) is 11.5. The van der Waals surface area contributed by atoms with Gasteiger partial charge >= 0.3 is 0 Å². The number of nitrogens with two attached hydrogens (primary N) is 1. The molecule has 226 valence electrons. The molecule has 3 aromatic heterocycles. The first kappa shape index (κ1) is 29.0. The number of ether oxygens (including phenoxy) is 2. The molecule has 1 aliphatic heterocycles. The molecule has 1 atom stereocenters. The largest absolute Gasteiger partial charge is 0.481 e. The van der Waals surface area contributed by atoms with Crippen molar-refractivity contribution in [1.29, 1.82) is 0 Å². The lowest BCUT2D eigenvalue weighted by Crippen LogP contribution is -2.50. The number of anilines is 2. The summed E-state index contributed by atoms with van der Waals surface area (Å²) in [6.45, 7) is 5.61. The highest BCUT2D eigenvalue weighted by Crippen LogP contribution is 2.36. The van der Waals surface area contributed by atoms with Gasteiger partial charge in [0.2, 0.25) is 5.88 Å². The molecule has 0 unspecified atom stereocenters. The maximum Gasteiger partial charge on any atom is 0.263 e. The van der Waals surface area contributed by atoms with Crippen LogP contribution < -0.4 is 20.5 Å². The fourth-order valence-corrected chi connectivity index (χ4v) is 6.47. The highest BCUT2D eigenvalue weighted by Gasteiger charge is 2.27. The zero-order chi connectivity index (χ0) is 30.3. The van der Waals surface area contributed by atoms with E-state index in [1.54, 1.807) is 12.3 Å². The number of fused-ring (bicyclic) bond motifs is 1. The van der Waals surface area contributed by atoms with Crippen LogP contribution in [0.25, 0.3) is 22.3 Å². The highest BCUT2D eigenvalue weighted by atomic mass is 32.2. The van der Waals surface area contributed by atoms with Crippen molar-refractivity contribution >= 4 is 32.6 Å². The maximum absolute atomic E-state index is 15.4. The number of aromatic nitrogens is 4. The molecule has 4 aromatic rings. The second-order valence-corrected chi connectivity index (χ2v) is 12.8. The lowest BCUT2D eigenvalue weighted by Gasteiger charge is -2.33. The molecule has 0 bridgehead atoms. The minimum absolute atomic E-state index is 0.0352. The van der Waals surface area contributed by atoms with Gasteiger partial charge in [0, 0.05) is 23.6 Å². The molecule has 6 rings (SSSR count). The fraction of sp³-hybridized carbons (Fsp3) is 0.367. The number of nitrogens with one attached hydrogen (secondary N) is 2. The van der Waals surface area contributed by atoms with Gasteiger partial charge in [0.15, 0.2) is 0 Å². The van der Waals surface area contributed by atoms with Crippen molar-refractivity contribution in [2.75, 3.05) is 30.8 Å².